The molecule has 3 nitrogen and oxygen atoms in total. The van der Waals surface area contributed by atoms with Crippen LogP contribution in [0.15, 0.2) is 17.5 Å². The number of hydrogen-bond donors (Lipinski definition) is 1. The SMILES string of the molecule is c1csc(-c2nc(CNC34CC5CC(CC(C5)C3)C4)ns2)c1. The van der Waals surface area contributed by atoms with Gasteiger partial charge in [-0.1, -0.05) is 6.07 Å². The molecule has 0 unspecified atom stereocenters. The quantitative estimate of drug-likeness (QED) is 0.906. The van der Waals surface area contributed by atoms with Crippen molar-refractivity contribution in [1.29, 1.82) is 0 Å². The molecule has 4 aliphatic rings. The second-order valence-electron chi connectivity index (χ2n) is 7.54. The second-order valence-corrected chi connectivity index (χ2v) is 9.24. The summed E-state index contributed by atoms with van der Waals surface area (Å²) < 4.78 is 4.56. The van der Waals surface area contributed by atoms with Gasteiger partial charge in [0.05, 0.1) is 11.4 Å². The highest BCUT2D eigenvalue weighted by Crippen LogP contribution is 2.55. The molecule has 0 amide bonds. The van der Waals surface area contributed by atoms with E-state index in [4.69, 9.17) is 4.98 Å². The first-order valence-electron chi connectivity index (χ1n) is 8.39. The molecule has 0 aromatic carbocycles. The fraction of sp³-hybridized carbons (Fsp3) is 0.647. The molecule has 4 fully saturated rings. The molecule has 4 aliphatic carbocycles. The van der Waals surface area contributed by atoms with E-state index in [0.29, 0.717) is 5.54 Å². The number of hydrogen-bond acceptors (Lipinski definition) is 5. The minimum Gasteiger partial charge on any atom is -0.304 e. The van der Waals surface area contributed by atoms with Gasteiger partial charge in [-0.05, 0) is 79.3 Å². The van der Waals surface area contributed by atoms with Gasteiger partial charge in [-0.15, -0.1) is 11.3 Å². The Bertz CT molecular complexity index is 626. The molecule has 116 valence electrons. The lowest BCUT2D eigenvalue weighted by molar-refractivity contribution is -0.0208. The molecule has 0 atom stereocenters. The molecule has 4 saturated carbocycles. The van der Waals surface area contributed by atoms with Crippen LogP contribution in [0.1, 0.15) is 44.3 Å². The van der Waals surface area contributed by atoms with E-state index in [0.717, 1.165) is 35.1 Å². The largest absolute Gasteiger partial charge is 0.304 e. The van der Waals surface area contributed by atoms with Crippen LogP contribution in [0.3, 0.4) is 0 Å². The lowest BCUT2D eigenvalue weighted by atomic mass is 9.53. The zero-order valence-corrected chi connectivity index (χ0v) is 14.3. The Morgan fingerprint density at radius 1 is 1.14 bits per heavy atom. The van der Waals surface area contributed by atoms with Crippen LogP contribution < -0.4 is 5.32 Å². The number of rotatable bonds is 4. The summed E-state index contributed by atoms with van der Waals surface area (Å²) in [7, 11) is 0. The monoisotopic (exact) mass is 331 g/mol. The summed E-state index contributed by atoms with van der Waals surface area (Å²) in [5.41, 5.74) is 0.406. The summed E-state index contributed by atoms with van der Waals surface area (Å²) in [6, 6.07) is 4.20. The van der Waals surface area contributed by atoms with Crippen LogP contribution in [0, 0.1) is 17.8 Å². The number of thiophene rings is 1. The van der Waals surface area contributed by atoms with Gasteiger partial charge in [-0.2, -0.15) is 4.37 Å². The van der Waals surface area contributed by atoms with E-state index in [1.54, 1.807) is 11.3 Å². The molecule has 2 heterocycles. The van der Waals surface area contributed by atoms with Crippen LogP contribution in [0.5, 0.6) is 0 Å². The zero-order valence-electron chi connectivity index (χ0n) is 12.6. The first kappa shape index (κ1) is 13.6. The number of nitrogens with one attached hydrogen (secondary N) is 1. The van der Waals surface area contributed by atoms with Crippen molar-refractivity contribution in [3.05, 3.63) is 23.3 Å². The van der Waals surface area contributed by atoms with E-state index in [9.17, 15) is 0 Å². The minimum absolute atomic E-state index is 0.406. The highest BCUT2D eigenvalue weighted by molar-refractivity contribution is 7.18. The molecular formula is C17H21N3S2. The lowest BCUT2D eigenvalue weighted by Crippen LogP contribution is -2.58. The van der Waals surface area contributed by atoms with Crippen molar-refractivity contribution in [3.63, 3.8) is 0 Å². The van der Waals surface area contributed by atoms with Gasteiger partial charge in [-0.25, -0.2) is 4.98 Å². The van der Waals surface area contributed by atoms with E-state index in [1.807, 2.05) is 0 Å². The summed E-state index contributed by atoms with van der Waals surface area (Å²) in [6.07, 6.45) is 8.66. The Kier molecular flexibility index (Phi) is 3.17. The van der Waals surface area contributed by atoms with Gasteiger partial charge < -0.3 is 5.32 Å². The fourth-order valence-electron chi connectivity index (χ4n) is 5.42. The summed E-state index contributed by atoms with van der Waals surface area (Å²) in [5.74, 6) is 3.95. The van der Waals surface area contributed by atoms with Crippen molar-refractivity contribution in [2.75, 3.05) is 0 Å². The molecule has 1 N–H and O–H groups in total. The normalized spacial score (nSPS) is 36.1. The van der Waals surface area contributed by atoms with Crippen molar-refractivity contribution in [3.8, 4) is 9.88 Å². The highest BCUT2D eigenvalue weighted by atomic mass is 32.1. The van der Waals surface area contributed by atoms with Crippen molar-refractivity contribution in [2.45, 2.75) is 50.6 Å². The molecule has 2 aromatic heterocycles. The van der Waals surface area contributed by atoms with E-state index in [-0.39, 0.29) is 0 Å². The van der Waals surface area contributed by atoms with Crippen LogP contribution in [-0.4, -0.2) is 14.9 Å². The molecule has 0 radical (unpaired) electrons. The van der Waals surface area contributed by atoms with Gasteiger partial charge in [0.15, 0.2) is 10.8 Å². The smallest absolute Gasteiger partial charge is 0.156 e. The van der Waals surface area contributed by atoms with Crippen molar-refractivity contribution in [1.82, 2.24) is 14.7 Å². The lowest BCUT2D eigenvalue weighted by Gasteiger charge is -2.57. The molecule has 5 heteroatoms. The molecule has 6 rings (SSSR count). The molecule has 0 aliphatic heterocycles. The van der Waals surface area contributed by atoms with Gasteiger partial charge in [0.2, 0.25) is 0 Å². The van der Waals surface area contributed by atoms with Gasteiger partial charge in [0, 0.05) is 5.54 Å². The minimum atomic E-state index is 0.406. The zero-order chi connectivity index (χ0) is 14.6. The van der Waals surface area contributed by atoms with Crippen molar-refractivity contribution in [2.24, 2.45) is 17.8 Å². The van der Waals surface area contributed by atoms with Gasteiger partial charge >= 0.3 is 0 Å². The van der Waals surface area contributed by atoms with Crippen LogP contribution in [-0.2, 0) is 6.54 Å². The average Bonchev–Trinajstić information content (AvgIpc) is 3.15. The maximum Gasteiger partial charge on any atom is 0.156 e. The van der Waals surface area contributed by atoms with Crippen molar-refractivity contribution < 1.29 is 0 Å². The second kappa shape index (κ2) is 5.11. The Hall–Kier alpha value is -0.780. The molecular weight excluding hydrogens is 310 g/mol. The molecule has 0 saturated heterocycles. The third-order valence-corrected chi connectivity index (χ3v) is 7.65. The maximum atomic E-state index is 4.73. The molecule has 4 bridgehead atoms. The van der Waals surface area contributed by atoms with E-state index in [2.05, 4.69) is 27.2 Å². The standard InChI is InChI=1S/C17H21N3S2/c1-2-14(21-3-1)16-19-15(20-22-16)10-18-17-7-11-4-12(8-17)6-13(5-11)9-17/h1-3,11-13,18H,4-10H2. The Balaban J connectivity index is 1.29. The van der Waals surface area contributed by atoms with Gasteiger partial charge in [-0.3, -0.25) is 0 Å². The molecule has 2 aromatic rings. The van der Waals surface area contributed by atoms with Crippen molar-refractivity contribution >= 4 is 22.9 Å². The molecule has 0 spiro atoms. The third-order valence-electron chi connectivity index (χ3n) is 5.86. The van der Waals surface area contributed by atoms with E-state index in [1.165, 1.54) is 54.9 Å². The predicted molar refractivity (Wildman–Crippen MR) is 91.0 cm³/mol. The van der Waals surface area contributed by atoms with E-state index >= 15 is 0 Å². The fourth-order valence-corrected chi connectivity index (χ4v) is 6.88. The number of nitrogens with zero attached hydrogens (tertiary/aromatic N) is 2. The van der Waals surface area contributed by atoms with Crippen LogP contribution in [0.4, 0.5) is 0 Å². The first-order chi connectivity index (χ1) is 10.8. The van der Waals surface area contributed by atoms with Crippen LogP contribution >= 0.6 is 22.9 Å². The topological polar surface area (TPSA) is 37.8 Å². The summed E-state index contributed by atoms with van der Waals surface area (Å²) in [6.45, 7) is 0.841. The Morgan fingerprint density at radius 2 is 1.86 bits per heavy atom. The maximum absolute atomic E-state index is 4.73. The highest BCUT2D eigenvalue weighted by Gasteiger charge is 2.50. The van der Waals surface area contributed by atoms with E-state index < -0.39 is 0 Å². The van der Waals surface area contributed by atoms with Gasteiger partial charge in [0.25, 0.3) is 0 Å². The molecule has 22 heavy (non-hydrogen) atoms. The Morgan fingerprint density at radius 3 is 2.50 bits per heavy atom. The van der Waals surface area contributed by atoms with Crippen LogP contribution in [0.2, 0.25) is 0 Å². The average molecular weight is 332 g/mol. The van der Waals surface area contributed by atoms with Crippen LogP contribution in [0.25, 0.3) is 9.88 Å². The summed E-state index contributed by atoms with van der Waals surface area (Å²) >= 11 is 3.28. The number of aromatic nitrogens is 2. The van der Waals surface area contributed by atoms with Gasteiger partial charge in [0.1, 0.15) is 0 Å². The predicted octanol–water partition coefficient (Wildman–Crippen LogP) is 4.33. The summed E-state index contributed by atoms with van der Waals surface area (Å²) in [4.78, 5) is 5.96. The third kappa shape index (κ3) is 2.34. The Labute approximate surface area is 139 Å². The first-order valence-corrected chi connectivity index (χ1v) is 10.0. The summed E-state index contributed by atoms with van der Waals surface area (Å²) in [5, 5.41) is 7.06.